The molecule has 2 heterocycles. The molecule has 2 aliphatic rings. The fourth-order valence-corrected chi connectivity index (χ4v) is 7.35. The first-order valence-corrected chi connectivity index (χ1v) is 18.3. The van der Waals surface area contributed by atoms with E-state index in [1.54, 1.807) is 0 Å². The number of nitrogens with zero attached hydrogens (tertiary/aromatic N) is 1. The molecule has 0 aliphatic carbocycles. The number of ether oxygens (including phenoxy) is 2. The Hall–Kier alpha value is -1.09. The van der Waals surface area contributed by atoms with E-state index in [-0.39, 0.29) is 46.4 Å². The SMILES string of the molecule is CO[C@H]1CC(=O)O[C@H](C(C)=O)C[C@@H]2N(CCO[Si](C)(C)C(C)(C)C)[C@]2(C)CCC[C@H](C)[C@H](C)[C@@H](C)C(=O)C1(C)C. The Kier molecular flexibility index (Phi) is 11.5. The Bertz CT molecular complexity index is 912. The normalized spacial score (nSPS) is 36.5. The average Bonchev–Trinajstić information content (AvgIpc) is 3.39. The first-order valence-electron chi connectivity index (χ1n) is 15.4. The standard InChI is InChI=1S/C32H59NO6Si/c1-21-15-14-16-32(10)26(33(32)17-18-38-40(12,13)30(5,6)7)19-25(24(4)34)39-28(35)20-27(37-11)31(8,9)29(36)23(3)22(21)2/h21-23,25-27H,14-20H2,1-13H3/t21-,22-,23+,25-,26-,27-,32+,33?/m0/s1. The van der Waals surface area contributed by atoms with Crippen LogP contribution in [0.5, 0.6) is 0 Å². The molecule has 1 unspecified atom stereocenters. The van der Waals surface area contributed by atoms with Crippen LogP contribution in [0.15, 0.2) is 0 Å². The molecule has 7 nitrogen and oxygen atoms in total. The van der Waals surface area contributed by atoms with E-state index in [1.807, 2.05) is 20.8 Å². The topological polar surface area (TPSA) is 81.9 Å². The molecule has 0 N–H and O–H groups in total. The second-order valence-electron chi connectivity index (χ2n) is 15.0. The number of hydrogen-bond acceptors (Lipinski definition) is 7. The summed E-state index contributed by atoms with van der Waals surface area (Å²) in [7, 11) is -0.337. The maximum absolute atomic E-state index is 13.6. The molecule has 40 heavy (non-hydrogen) atoms. The minimum atomic E-state index is -1.87. The summed E-state index contributed by atoms with van der Waals surface area (Å²) < 4.78 is 18.0. The molecule has 2 rings (SSSR count). The number of Topliss-reactive ketones (excluding diaryl/α,β-unsaturated/α-hetero) is 2. The number of hydrogen-bond donors (Lipinski definition) is 0. The van der Waals surface area contributed by atoms with Gasteiger partial charge in [0.2, 0.25) is 0 Å². The second-order valence-corrected chi connectivity index (χ2v) is 19.8. The molecule has 0 aromatic carbocycles. The maximum atomic E-state index is 13.6. The highest BCUT2D eigenvalue weighted by Crippen LogP contribution is 2.48. The van der Waals surface area contributed by atoms with Crippen LogP contribution in [0.1, 0.15) is 101 Å². The van der Waals surface area contributed by atoms with Crippen LogP contribution < -0.4 is 0 Å². The van der Waals surface area contributed by atoms with Crippen LogP contribution in [0.25, 0.3) is 0 Å². The molecule has 8 atom stereocenters. The summed E-state index contributed by atoms with van der Waals surface area (Å²) in [4.78, 5) is 41.9. The number of carbonyl (C=O) groups excluding carboxylic acids is 3. The number of cyclic esters (lactones) is 1. The van der Waals surface area contributed by atoms with Crippen molar-refractivity contribution in [2.75, 3.05) is 20.3 Å². The van der Waals surface area contributed by atoms with Gasteiger partial charge in [0.25, 0.3) is 0 Å². The molecular weight excluding hydrogens is 522 g/mol. The van der Waals surface area contributed by atoms with Crippen molar-refractivity contribution >= 4 is 25.9 Å². The largest absolute Gasteiger partial charge is 0.454 e. The van der Waals surface area contributed by atoms with Crippen molar-refractivity contribution in [2.24, 2.45) is 23.2 Å². The minimum absolute atomic E-state index is 0.0678. The van der Waals surface area contributed by atoms with Crippen molar-refractivity contribution in [3.63, 3.8) is 0 Å². The monoisotopic (exact) mass is 581 g/mol. The Labute approximate surface area is 245 Å². The summed E-state index contributed by atoms with van der Waals surface area (Å²) in [6.45, 7) is 26.6. The third-order valence-electron chi connectivity index (χ3n) is 11.0. The van der Waals surface area contributed by atoms with Crippen molar-refractivity contribution < 1.29 is 28.3 Å². The number of fused-ring (bicyclic) bond motifs is 1. The summed E-state index contributed by atoms with van der Waals surface area (Å²) in [5.41, 5.74) is -0.935. The molecular formula is C32H59NO6Si. The molecule has 2 fully saturated rings. The quantitative estimate of drug-likeness (QED) is 0.203. The molecule has 232 valence electrons. The van der Waals surface area contributed by atoms with Gasteiger partial charge in [-0.2, -0.15) is 0 Å². The maximum Gasteiger partial charge on any atom is 0.309 e. The van der Waals surface area contributed by atoms with Crippen LogP contribution >= 0.6 is 0 Å². The Morgan fingerprint density at radius 3 is 2.25 bits per heavy atom. The Morgan fingerprint density at radius 1 is 1.12 bits per heavy atom. The molecule has 2 aliphatic heterocycles. The van der Waals surface area contributed by atoms with Crippen molar-refractivity contribution in [3.05, 3.63) is 0 Å². The molecule has 0 bridgehead atoms. The van der Waals surface area contributed by atoms with Gasteiger partial charge in [0, 0.05) is 44.2 Å². The van der Waals surface area contributed by atoms with Crippen molar-refractivity contribution in [1.29, 1.82) is 0 Å². The summed E-state index contributed by atoms with van der Waals surface area (Å²) in [6, 6.07) is 0.146. The number of carbonyl (C=O) groups is 3. The van der Waals surface area contributed by atoms with Gasteiger partial charge in [-0.25, -0.2) is 0 Å². The molecule has 0 saturated carbocycles. The van der Waals surface area contributed by atoms with Gasteiger partial charge < -0.3 is 13.9 Å². The molecule has 0 aromatic heterocycles. The second kappa shape index (κ2) is 13.0. The zero-order chi connectivity index (χ0) is 30.8. The summed E-state index contributed by atoms with van der Waals surface area (Å²) >= 11 is 0. The van der Waals surface area contributed by atoms with Gasteiger partial charge in [0.05, 0.1) is 17.9 Å². The van der Waals surface area contributed by atoms with Crippen LogP contribution in [0, 0.1) is 23.2 Å². The van der Waals surface area contributed by atoms with Gasteiger partial charge in [0.1, 0.15) is 5.78 Å². The highest BCUT2D eigenvalue weighted by molar-refractivity contribution is 6.74. The third-order valence-corrected chi connectivity index (χ3v) is 15.5. The van der Waals surface area contributed by atoms with E-state index in [1.165, 1.54) is 14.0 Å². The lowest BCUT2D eigenvalue weighted by molar-refractivity contribution is -0.160. The van der Waals surface area contributed by atoms with E-state index >= 15 is 0 Å². The van der Waals surface area contributed by atoms with Crippen LogP contribution in [0.3, 0.4) is 0 Å². The van der Waals surface area contributed by atoms with E-state index in [2.05, 4.69) is 59.5 Å². The van der Waals surface area contributed by atoms with Gasteiger partial charge in [-0.3, -0.25) is 19.3 Å². The van der Waals surface area contributed by atoms with E-state index in [0.717, 1.165) is 25.8 Å². The van der Waals surface area contributed by atoms with E-state index in [9.17, 15) is 14.4 Å². The van der Waals surface area contributed by atoms with Crippen LogP contribution in [0.4, 0.5) is 0 Å². The predicted molar refractivity (Wildman–Crippen MR) is 163 cm³/mol. The van der Waals surface area contributed by atoms with Gasteiger partial charge in [-0.05, 0) is 50.2 Å². The predicted octanol–water partition coefficient (Wildman–Crippen LogP) is 6.43. The average molecular weight is 582 g/mol. The fraction of sp³-hybridized carbons (Fsp3) is 0.906. The van der Waals surface area contributed by atoms with Gasteiger partial charge in [-0.15, -0.1) is 0 Å². The van der Waals surface area contributed by atoms with Gasteiger partial charge >= 0.3 is 5.97 Å². The van der Waals surface area contributed by atoms with Gasteiger partial charge in [0.15, 0.2) is 20.2 Å². The number of rotatable bonds is 6. The van der Waals surface area contributed by atoms with E-state index in [0.29, 0.717) is 18.9 Å². The Balaban J connectivity index is 2.31. The Morgan fingerprint density at radius 2 is 1.73 bits per heavy atom. The van der Waals surface area contributed by atoms with Crippen LogP contribution in [-0.2, 0) is 28.3 Å². The number of methoxy groups -OCH3 is 1. The van der Waals surface area contributed by atoms with Crippen molar-refractivity contribution in [3.8, 4) is 0 Å². The smallest absolute Gasteiger partial charge is 0.309 e. The van der Waals surface area contributed by atoms with Crippen molar-refractivity contribution in [1.82, 2.24) is 4.90 Å². The van der Waals surface area contributed by atoms with E-state index < -0.39 is 31.9 Å². The zero-order valence-corrected chi connectivity index (χ0v) is 28.8. The molecule has 0 aromatic rings. The van der Waals surface area contributed by atoms with Crippen LogP contribution in [0.2, 0.25) is 18.1 Å². The molecule has 8 heteroatoms. The third kappa shape index (κ3) is 7.84. The lowest BCUT2D eigenvalue weighted by Crippen LogP contribution is -2.45. The zero-order valence-electron chi connectivity index (χ0n) is 27.8. The highest BCUT2D eigenvalue weighted by Gasteiger charge is 2.59. The van der Waals surface area contributed by atoms with Crippen LogP contribution in [-0.4, -0.2) is 74.8 Å². The first-order chi connectivity index (χ1) is 18.2. The lowest BCUT2D eigenvalue weighted by Gasteiger charge is -2.36. The summed E-state index contributed by atoms with van der Waals surface area (Å²) in [5, 5.41) is 0.145. The van der Waals surface area contributed by atoms with E-state index in [4.69, 9.17) is 13.9 Å². The summed E-state index contributed by atoms with van der Waals surface area (Å²) in [6.07, 6.45) is 2.02. The molecule has 2 saturated heterocycles. The number of ketones is 2. The molecule has 0 amide bonds. The molecule has 0 spiro atoms. The first kappa shape index (κ1) is 35.1. The fourth-order valence-electron chi connectivity index (χ4n) is 6.31. The molecule has 0 radical (unpaired) electrons. The number of esters is 1. The van der Waals surface area contributed by atoms with Gasteiger partial charge in [-0.1, -0.05) is 68.2 Å². The summed E-state index contributed by atoms with van der Waals surface area (Å²) in [5.74, 6) is -0.114. The van der Waals surface area contributed by atoms with Crippen molar-refractivity contribution in [2.45, 2.75) is 143 Å². The minimum Gasteiger partial charge on any atom is -0.454 e. The lowest BCUT2D eigenvalue weighted by atomic mass is 9.70. The highest BCUT2D eigenvalue weighted by atomic mass is 28.4.